The van der Waals surface area contributed by atoms with Crippen LogP contribution in [-0.4, -0.2) is 5.78 Å². The Bertz CT molecular complexity index is 564. The third kappa shape index (κ3) is 2.34. The summed E-state index contributed by atoms with van der Waals surface area (Å²) in [5.74, 6) is 0.295. The molecule has 2 aliphatic rings. The molecule has 0 aliphatic heterocycles. The molecule has 0 bridgehead atoms. The Morgan fingerprint density at radius 3 is 2.67 bits per heavy atom. The van der Waals surface area contributed by atoms with Crippen LogP contribution in [0.2, 0.25) is 0 Å². The van der Waals surface area contributed by atoms with Gasteiger partial charge in [0.1, 0.15) is 0 Å². The van der Waals surface area contributed by atoms with Gasteiger partial charge in [-0.1, -0.05) is 48.2 Å². The third-order valence-corrected chi connectivity index (χ3v) is 4.32. The second-order valence-electron chi connectivity index (χ2n) is 4.49. The number of rotatable bonds is 2. The average Bonchev–Trinajstić information content (AvgIpc) is 2.63. The summed E-state index contributed by atoms with van der Waals surface area (Å²) in [6.07, 6.45) is 8.85. The van der Waals surface area contributed by atoms with Gasteiger partial charge >= 0.3 is 0 Å². The van der Waals surface area contributed by atoms with Crippen molar-refractivity contribution in [3.63, 3.8) is 0 Å². The number of Topliss-reactive ketones (excluding diaryl/α,β-unsaturated/α-hetero) is 1. The highest BCUT2D eigenvalue weighted by molar-refractivity contribution is 8.03. The second kappa shape index (κ2) is 4.99. The van der Waals surface area contributed by atoms with Crippen LogP contribution in [0.15, 0.2) is 69.5 Å². The molecule has 0 atom stereocenters. The molecular formula is C16H14OS. The number of hydrogen-bond acceptors (Lipinski definition) is 2. The number of hydrogen-bond donors (Lipinski definition) is 0. The van der Waals surface area contributed by atoms with Gasteiger partial charge < -0.3 is 0 Å². The number of benzene rings is 1. The molecule has 0 amide bonds. The van der Waals surface area contributed by atoms with E-state index in [4.69, 9.17) is 0 Å². The molecule has 2 heteroatoms. The van der Waals surface area contributed by atoms with Crippen LogP contribution in [0, 0.1) is 0 Å². The van der Waals surface area contributed by atoms with Crippen LogP contribution in [0.1, 0.15) is 19.3 Å². The van der Waals surface area contributed by atoms with Crippen molar-refractivity contribution in [3.8, 4) is 0 Å². The van der Waals surface area contributed by atoms with Crippen LogP contribution in [0.4, 0.5) is 0 Å². The fraction of sp³-hybridized carbons (Fsp3) is 0.188. The third-order valence-electron chi connectivity index (χ3n) is 3.25. The molecule has 18 heavy (non-hydrogen) atoms. The van der Waals surface area contributed by atoms with E-state index < -0.39 is 0 Å². The first-order chi connectivity index (χ1) is 8.83. The number of carbonyl (C=O) groups is 1. The highest BCUT2D eigenvalue weighted by atomic mass is 32.2. The van der Waals surface area contributed by atoms with Gasteiger partial charge in [0, 0.05) is 16.9 Å². The van der Waals surface area contributed by atoms with Crippen LogP contribution in [-0.2, 0) is 4.79 Å². The van der Waals surface area contributed by atoms with E-state index in [0.29, 0.717) is 12.2 Å². The summed E-state index contributed by atoms with van der Waals surface area (Å²) < 4.78 is 0. The van der Waals surface area contributed by atoms with Gasteiger partial charge in [-0.3, -0.25) is 4.79 Å². The largest absolute Gasteiger partial charge is 0.294 e. The monoisotopic (exact) mass is 254 g/mol. The highest BCUT2D eigenvalue weighted by Gasteiger charge is 2.22. The minimum Gasteiger partial charge on any atom is -0.294 e. The molecule has 1 saturated carbocycles. The van der Waals surface area contributed by atoms with Crippen LogP contribution in [0.25, 0.3) is 0 Å². The van der Waals surface area contributed by atoms with Crippen LogP contribution < -0.4 is 0 Å². The molecule has 0 spiro atoms. The molecule has 0 heterocycles. The van der Waals surface area contributed by atoms with E-state index in [1.165, 1.54) is 15.4 Å². The first-order valence-electron chi connectivity index (χ1n) is 6.19. The predicted molar refractivity (Wildman–Crippen MR) is 75.4 cm³/mol. The van der Waals surface area contributed by atoms with E-state index in [2.05, 4.69) is 36.4 Å². The van der Waals surface area contributed by atoms with Gasteiger partial charge in [-0.15, -0.1) is 0 Å². The smallest absolute Gasteiger partial charge is 0.163 e. The van der Waals surface area contributed by atoms with Crippen molar-refractivity contribution >= 4 is 17.5 Å². The molecule has 1 nitrogen and oxygen atoms in total. The van der Waals surface area contributed by atoms with Gasteiger partial charge in [0.05, 0.1) is 0 Å². The van der Waals surface area contributed by atoms with E-state index in [0.717, 1.165) is 18.4 Å². The SMILES string of the molecule is O=C1CCC2=CCC(Sc3ccccc3)=CC=C12. The highest BCUT2D eigenvalue weighted by Crippen LogP contribution is 2.35. The minimum absolute atomic E-state index is 0.295. The van der Waals surface area contributed by atoms with Crippen molar-refractivity contribution in [2.75, 3.05) is 0 Å². The summed E-state index contributed by atoms with van der Waals surface area (Å²) in [6, 6.07) is 10.4. The number of thioether (sulfide) groups is 1. The lowest BCUT2D eigenvalue weighted by atomic mass is 10.1. The summed E-state index contributed by atoms with van der Waals surface area (Å²) in [4.78, 5) is 14.2. The Morgan fingerprint density at radius 1 is 1.00 bits per heavy atom. The van der Waals surface area contributed by atoms with Crippen molar-refractivity contribution in [1.82, 2.24) is 0 Å². The average molecular weight is 254 g/mol. The van der Waals surface area contributed by atoms with Gasteiger partial charge in [-0.05, 0) is 35.5 Å². The first kappa shape index (κ1) is 11.5. The van der Waals surface area contributed by atoms with Gasteiger partial charge in [-0.25, -0.2) is 0 Å². The minimum atomic E-state index is 0.295. The maximum Gasteiger partial charge on any atom is 0.163 e. The van der Waals surface area contributed by atoms with Crippen LogP contribution in [0.3, 0.4) is 0 Å². The zero-order valence-electron chi connectivity index (χ0n) is 10.1. The maximum atomic E-state index is 11.7. The van der Waals surface area contributed by atoms with E-state index in [1.807, 2.05) is 12.1 Å². The van der Waals surface area contributed by atoms with Crippen LogP contribution in [0.5, 0.6) is 0 Å². The number of allylic oxidation sites excluding steroid dienone is 6. The second-order valence-corrected chi connectivity index (χ2v) is 5.69. The molecule has 1 fully saturated rings. The molecule has 0 radical (unpaired) electrons. The zero-order valence-corrected chi connectivity index (χ0v) is 10.9. The molecule has 3 rings (SSSR count). The van der Waals surface area contributed by atoms with Crippen molar-refractivity contribution in [1.29, 1.82) is 0 Å². The van der Waals surface area contributed by atoms with Gasteiger partial charge in [-0.2, -0.15) is 0 Å². The fourth-order valence-corrected chi connectivity index (χ4v) is 3.19. The standard InChI is InChI=1S/C16H14OS/c17-16-11-7-12-6-8-14(9-10-15(12)16)18-13-4-2-1-3-5-13/h1-6,9-10H,7-8,11H2. The van der Waals surface area contributed by atoms with E-state index >= 15 is 0 Å². The lowest BCUT2D eigenvalue weighted by molar-refractivity contribution is -0.114. The fourth-order valence-electron chi connectivity index (χ4n) is 2.29. The number of fused-ring (bicyclic) bond motifs is 1. The Kier molecular flexibility index (Phi) is 3.20. The molecule has 90 valence electrons. The van der Waals surface area contributed by atoms with Gasteiger partial charge in [0.25, 0.3) is 0 Å². The maximum absolute atomic E-state index is 11.7. The molecule has 1 aromatic rings. The lowest BCUT2D eigenvalue weighted by Crippen LogP contribution is -1.91. The van der Waals surface area contributed by atoms with Crippen molar-refractivity contribution in [3.05, 3.63) is 64.6 Å². The molecule has 0 N–H and O–H groups in total. The topological polar surface area (TPSA) is 17.1 Å². The molecule has 0 saturated heterocycles. The molecule has 0 unspecified atom stereocenters. The number of carbonyl (C=O) groups excluding carboxylic acids is 1. The predicted octanol–water partition coefficient (Wildman–Crippen LogP) is 4.28. The lowest BCUT2D eigenvalue weighted by Gasteiger charge is -2.03. The first-order valence-corrected chi connectivity index (χ1v) is 7.01. The van der Waals surface area contributed by atoms with E-state index in [1.54, 1.807) is 11.8 Å². The Balaban J connectivity index is 1.82. The Morgan fingerprint density at radius 2 is 1.83 bits per heavy atom. The van der Waals surface area contributed by atoms with Gasteiger partial charge in [0.2, 0.25) is 0 Å². The molecule has 1 aromatic carbocycles. The molecule has 0 aromatic heterocycles. The van der Waals surface area contributed by atoms with E-state index in [-0.39, 0.29) is 0 Å². The molecule has 2 aliphatic carbocycles. The zero-order chi connectivity index (χ0) is 12.4. The van der Waals surface area contributed by atoms with Crippen molar-refractivity contribution in [2.45, 2.75) is 24.2 Å². The summed E-state index contributed by atoms with van der Waals surface area (Å²) in [6.45, 7) is 0. The number of ketones is 1. The van der Waals surface area contributed by atoms with Crippen LogP contribution >= 0.6 is 11.8 Å². The quantitative estimate of drug-likeness (QED) is 0.783. The normalized spacial score (nSPS) is 18.7. The summed E-state index contributed by atoms with van der Waals surface area (Å²) in [7, 11) is 0. The molecular weight excluding hydrogens is 240 g/mol. The summed E-state index contributed by atoms with van der Waals surface area (Å²) in [5.41, 5.74) is 2.17. The summed E-state index contributed by atoms with van der Waals surface area (Å²) in [5, 5.41) is 0. The van der Waals surface area contributed by atoms with Crippen molar-refractivity contribution in [2.24, 2.45) is 0 Å². The summed E-state index contributed by atoms with van der Waals surface area (Å²) >= 11 is 1.78. The van der Waals surface area contributed by atoms with E-state index in [9.17, 15) is 4.79 Å². The van der Waals surface area contributed by atoms with Crippen molar-refractivity contribution < 1.29 is 4.79 Å². The van der Waals surface area contributed by atoms with Gasteiger partial charge in [0.15, 0.2) is 5.78 Å². The Labute approximate surface area is 111 Å². The Hall–Kier alpha value is -1.54.